The third-order valence-corrected chi connectivity index (χ3v) is 3.82. The van der Waals surface area contributed by atoms with E-state index in [1.165, 1.54) is 5.56 Å². The lowest BCUT2D eigenvalue weighted by Crippen LogP contribution is -2.44. The van der Waals surface area contributed by atoms with E-state index in [0.717, 1.165) is 24.9 Å². The lowest BCUT2D eigenvalue weighted by Gasteiger charge is -2.31. The maximum Gasteiger partial charge on any atom is 0.225 e. The predicted octanol–water partition coefficient (Wildman–Crippen LogP) is 1.87. The summed E-state index contributed by atoms with van der Waals surface area (Å²) in [5.41, 5.74) is 2.31. The number of hydrogen-bond donors (Lipinski definition) is 1. The summed E-state index contributed by atoms with van der Waals surface area (Å²) in [7, 11) is 0. The Labute approximate surface area is 120 Å². The van der Waals surface area contributed by atoms with Gasteiger partial charge in [0, 0.05) is 26.6 Å². The van der Waals surface area contributed by atoms with Gasteiger partial charge in [0.15, 0.2) is 0 Å². The molecule has 2 rings (SSSR count). The van der Waals surface area contributed by atoms with Crippen molar-refractivity contribution in [3.63, 3.8) is 0 Å². The van der Waals surface area contributed by atoms with E-state index in [-0.39, 0.29) is 17.7 Å². The van der Waals surface area contributed by atoms with Crippen LogP contribution in [0.25, 0.3) is 0 Å². The summed E-state index contributed by atoms with van der Waals surface area (Å²) >= 11 is 0. The molecule has 1 fully saturated rings. The highest BCUT2D eigenvalue weighted by Gasteiger charge is 2.26. The van der Waals surface area contributed by atoms with E-state index in [9.17, 15) is 9.59 Å². The van der Waals surface area contributed by atoms with Crippen molar-refractivity contribution in [2.45, 2.75) is 33.2 Å². The van der Waals surface area contributed by atoms with Crippen LogP contribution in [0.15, 0.2) is 24.3 Å². The number of carbonyl (C=O) groups excluding carboxylic acids is 2. The Morgan fingerprint density at radius 3 is 2.65 bits per heavy atom. The number of piperidine rings is 1. The molecule has 1 atom stereocenters. The van der Waals surface area contributed by atoms with E-state index in [1.54, 1.807) is 11.8 Å². The number of amides is 2. The zero-order chi connectivity index (χ0) is 14.5. The summed E-state index contributed by atoms with van der Waals surface area (Å²) in [5, 5.41) is 2.97. The van der Waals surface area contributed by atoms with Crippen LogP contribution in [-0.2, 0) is 16.1 Å². The van der Waals surface area contributed by atoms with Gasteiger partial charge in [-0.25, -0.2) is 0 Å². The van der Waals surface area contributed by atoms with Crippen LogP contribution >= 0.6 is 0 Å². The standard InChI is InChI=1S/C16H22N2O2/c1-12-5-7-14(8-6-12)10-17-16(20)15-4-3-9-18(11-15)13(2)19/h5-8,15H,3-4,9-11H2,1-2H3,(H,17,20)/t15-/m1/s1. The van der Waals surface area contributed by atoms with E-state index in [1.807, 2.05) is 31.2 Å². The normalized spacial score (nSPS) is 18.7. The minimum absolute atomic E-state index is 0.0523. The zero-order valence-corrected chi connectivity index (χ0v) is 12.2. The number of benzene rings is 1. The third-order valence-electron chi connectivity index (χ3n) is 3.82. The summed E-state index contributed by atoms with van der Waals surface area (Å²) in [4.78, 5) is 25.3. The Hall–Kier alpha value is -1.84. The van der Waals surface area contributed by atoms with Crippen molar-refractivity contribution >= 4 is 11.8 Å². The SMILES string of the molecule is CC(=O)N1CCC[C@@H](C(=O)NCc2ccc(C)cc2)C1. The molecule has 1 heterocycles. The minimum atomic E-state index is -0.0712. The number of likely N-dealkylation sites (tertiary alicyclic amines) is 1. The molecule has 0 spiro atoms. The summed E-state index contributed by atoms with van der Waals surface area (Å²) in [6.45, 7) is 5.48. The summed E-state index contributed by atoms with van der Waals surface area (Å²) in [6.07, 6.45) is 1.77. The van der Waals surface area contributed by atoms with Gasteiger partial charge in [0.25, 0.3) is 0 Å². The van der Waals surface area contributed by atoms with Crippen molar-refractivity contribution < 1.29 is 9.59 Å². The first-order valence-corrected chi connectivity index (χ1v) is 7.15. The molecule has 4 nitrogen and oxygen atoms in total. The van der Waals surface area contributed by atoms with Gasteiger partial charge in [-0.3, -0.25) is 9.59 Å². The maximum absolute atomic E-state index is 12.2. The van der Waals surface area contributed by atoms with Gasteiger partial charge in [-0.2, -0.15) is 0 Å². The van der Waals surface area contributed by atoms with Crippen LogP contribution in [-0.4, -0.2) is 29.8 Å². The second-order valence-corrected chi connectivity index (χ2v) is 5.51. The Balaban J connectivity index is 1.85. The molecular formula is C16H22N2O2. The fraction of sp³-hybridized carbons (Fsp3) is 0.500. The maximum atomic E-state index is 12.2. The summed E-state index contributed by atoms with van der Waals surface area (Å²) in [6, 6.07) is 8.13. The van der Waals surface area contributed by atoms with Crippen molar-refractivity contribution in [2.75, 3.05) is 13.1 Å². The van der Waals surface area contributed by atoms with Crippen molar-refractivity contribution in [3.8, 4) is 0 Å². The van der Waals surface area contributed by atoms with Crippen molar-refractivity contribution in [1.82, 2.24) is 10.2 Å². The minimum Gasteiger partial charge on any atom is -0.352 e. The van der Waals surface area contributed by atoms with Crippen LogP contribution in [0.4, 0.5) is 0 Å². The first-order valence-electron chi connectivity index (χ1n) is 7.15. The molecule has 0 radical (unpaired) electrons. The summed E-state index contributed by atoms with van der Waals surface area (Å²) < 4.78 is 0. The molecule has 108 valence electrons. The largest absolute Gasteiger partial charge is 0.352 e. The zero-order valence-electron chi connectivity index (χ0n) is 12.2. The van der Waals surface area contributed by atoms with Crippen LogP contribution in [0.2, 0.25) is 0 Å². The van der Waals surface area contributed by atoms with E-state index >= 15 is 0 Å². The Kier molecular flexibility index (Phi) is 4.77. The monoisotopic (exact) mass is 274 g/mol. The molecule has 1 aliphatic heterocycles. The van der Waals surface area contributed by atoms with Crippen molar-refractivity contribution in [2.24, 2.45) is 5.92 Å². The molecule has 1 aliphatic rings. The highest BCUT2D eigenvalue weighted by Crippen LogP contribution is 2.16. The van der Waals surface area contributed by atoms with E-state index in [4.69, 9.17) is 0 Å². The predicted molar refractivity (Wildman–Crippen MR) is 78.0 cm³/mol. The van der Waals surface area contributed by atoms with Gasteiger partial charge >= 0.3 is 0 Å². The molecule has 4 heteroatoms. The number of aryl methyl sites for hydroxylation is 1. The van der Waals surface area contributed by atoms with Gasteiger partial charge in [0.05, 0.1) is 5.92 Å². The molecule has 0 bridgehead atoms. The second-order valence-electron chi connectivity index (χ2n) is 5.51. The molecule has 0 saturated carbocycles. The highest BCUT2D eigenvalue weighted by molar-refractivity contribution is 5.80. The van der Waals surface area contributed by atoms with Crippen LogP contribution in [0.3, 0.4) is 0 Å². The number of hydrogen-bond acceptors (Lipinski definition) is 2. The average molecular weight is 274 g/mol. The Morgan fingerprint density at radius 1 is 1.30 bits per heavy atom. The van der Waals surface area contributed by atoms with Gasteiger partial charge in [-0.1, -0.05) is 29.8 Å². The molecule has 1 N–H and O–H groups in total. The molecule has 2 amide bonds. The van der Waals surface area contributed by atoms with Gasteiger partial charge in [0.2, 0.25) is 11.8 Å². The van der Waals surface area contributed by atoms with Crippen LogP contribution in [0.1, 0.15) is 30.9 Å². The lowest BCUT2D eigenvalue weighted by molar-refractivity contribution is -0.134. The smallest absolute Gasteiger partial charge is 0.225 e. The molecular weight excluding hydrogens is 252 g/mol. The van der Waals surface area contributed by atoms with Gasteiger partial charge in [-0.15, -0.1) is 0 Å². The van der Waals surface area contributed by atoms with Gasteiger partial charge in [-0.05, 0) is 25.3 Å². The highest BCUT2D eigenvalue weighted by atomic mass is 16.2. The average Bonchev–Trinajstić information content (AvgIpc) is 2.46. The topological polar surface area (TPSA) is 49.4 Å². The quantitative estimate of drug-likeness (QED) is 0.914. The molecule has 20 heavy (non-hydrogen) atoms. The van der Waals surface area contributed by atoms with E-state index in [2.05, 4.69) is 5.32 Å². The first kappa shape index (κ1) is 14.6. The molecule has 1 aromatic carbocycles. The van der Waals surface area contributed by atoms with Crippen molar-refractivity contribution in [3.05, 3.63) is 35.4 Å². The lowest BCUT2D eigenvalue weighted by atomic mass is 9.97. The van der Waals surface area contributed by atoms with Crippen LogP contribution in [0.5, 0.6) is 0 Å². The van der Waals surface area contributed by atoms with Crippen LogP contribution in [0, 0.1) is 12.8 Å². The molecule has 1 saturated heterocycles. The fourth-order valence-corrected chi connectivity index (χ4v) is 2.52. The van der Waals surface area contributed by atoms with Gasteiger partial charge in [0.1, 0.15) is 0 Å². The fourth-order valence-electron chi connectivity index (χ4n) is 2.52. The summed E-state index contributed by atoms with van der Waals surface area (Å²) in [5.74, 6) is 0.0376. The Morgan fingerprint density at radius 2 is 2.00 bits per heavy atom. The molecule has 1 aromatic rings. The third kappa shape index (κ3) is 3.83. The Bertz CT molecular complexity index is 482. The molecule has 0 aromatic heterocycles. The van der Waals surface area contributed by atoms with Crippen LogP contribution < -0.4 is 5.32 Å². The van der Waals surface area contributed by atoms with Crippen molar-refractivity contribution in [1.29, 1.82) is 0 Å². The second kappa shape index (κ2) is 6.55. The number of rotatable bonds is 3. The molecule has 0 aliphatic carbocycles. The first-order chi connectivity index (χ1) is 9.56. The van der Waals surface area contributed by atoms with E-state index in [0.29, 0.717) is 13.1 Å². The number of nitrogens with zero attached hydrogens (tertiary/aromatic N) is 1. The number of carbonyl (C=O) groups is 2. The molecule has 0 unspecified atom stereocenters. The number of nitrogens with one attached hydrogen (secondary N) is 1. The van der Waals surface area contributed by atoms with Gasteiger partial charge < -0.3 is 10.2 Å². The van der Waals surface area contributed by atoms with E-state index < -0.39 is 0 Å².